The highest BCUT2D eigenvalue weighted by Gasteiger charge is 2.04. The quantitative estimate of drug-likeness (QED) is 0.739. The van der Waals surface area contributed by atoms with Crippen LogP contribution in [0.2, 0.25) is 0 Å². The summed E-state index contributed by atoms with van der Waals surface area (Å²) >= 11 is 0. The van der Waals surface area contributed by atoms with Crippen molar-refractivity contribution < 1.29 is 9.84 Å². The fourth-order valence-corrected chi connectivity index (χ4v) is 0.941. The van der Waals surface area contributed by atoms with Gasteiger partial charge in [0.25, 0.3) is 0 Å². The molecule has 1 rings (SSSR count). The van der Waals surface area contributed by atoms with E-state index in [0.29, 0.717) is 0 Å². The molecule has 66 valence electrons. The standard InChI is InChI=1S/C10H14O2/c1-2-9(8-11)12-10-6-4-3-5-7-10/h3-7,9,11H,2,8H2,1H3. The average molecular weight is 166 g/mol. The van der Waals surface area contributed by atoms with Gasteiger partial charge in [-0.3, -0.25) is 0 Å². The summed E-state index contributed by atoms with van der Waals surface area (Å²) in [6.45, 7) is 2.06. The van der Waals surface area contributed by atoms with Gasteiger partial charge in [0.2, 0.25) is 0 Å². The molecular formula is C10H14O2. The molecule has 2 heteroatoms. The Labute approximate surface area is 72.8 Å². The first-order chi connectivity index (χ1) is 5.86. The van der Waals surface area contributed by atoms with Crippen LogP contribution in [0.25, 0.3) is 0 Å². The number of para-hydroxylation sites is 1. The number of aliphatic hydroxyl groups is 1. The molecule has 0 amide bonds. The third kappa shape index (κ3) is 2.55. The minimum Gasteiger partial charge on any atom is -0.488 e. The number of rotatable bonds is 4. The van der Waals surface area contributed by atoms with Gasteiger partial charge < -0.3 is 9.84 Å². The van der Waals surface area contributed by atoms with E-state index in [2.05, 4.69) is 0 Å². The van der Waals surface area contributed by atoms with E-state index < -0.39 is 0 Å². The Hall–Kier alpha value is -1.02. The van der Waals surface area contributed by atoms with Gasteiger partial charge in [0.05, 0.1) is 6.61 Å². The minimum absolute atomic E-state index is 0.0748. The average Bonchev–Trinajstić information content (AvgIpc) is 2.16. The lowest BCUT2D eigenvalue weighted by Gasteiger charge is -2.14. The van der Waals surface area contributed by atoms with E-state index >= 15 is 0 Å². The van der Waals surface area contributed by atoms with Gasteiger partial charge in [-0.25, -0.2) is 0 Å². The van der Waals surface area contributed by atoms with Crippen molar-refractivity contribution in [3.05, 3.63) is 30.3 Å². The maximum atomic E-state index is 8.86. The van der Waals surface area contributed by atoms with Crippen LogP contribution in [0, 0.1) is 0 Å². The van der Waals surface area contributed by atoms with Crippen LogP contribution in [0.4, 0.5) is 0 Å². The van der Waals surface area contributed by atoms with E-state index in [9.17, 15) is 0 Å². The van der Waals surface area contributed by atoms with E-state index in [4.69, 9.17) is 9.84 Å². The number of benzene rings is 1. The van der Waals surface area contributed by atoms with Gasteiger partial charge in [0, 0.05) is 0 Å². The van der Waals surface area contributed by atoms with Crippen LogP contribution in [-0.2, 0) is 0 Å². The molecule has 0 aliphatic rings. The third-order valence-corrected chi connectivity index (χ3v) is 1.70. The van der Waals surface area contributed by atoms with Crippen LogP contribution < -0.4 is 4.74 Å². The highest BCUT2D eigenvalue weighted by molar-refractivity contribution is 5.21. The zero-order chi connectivity index (χ0) is 8.81. The smallest absolute Gasteiger partial charge is 0.121 e. The van der Waals surface area contributed by atoms with E-state index in [-0.39, 0.29) is 12.7 Å². The lowest BCUT2D eigenvalue weighted by atomic mass is 10.3. The predicted molar refractivity (Wildman–Crippen MR) is 48.2 cm³/mol. The lowest BCUT2D eigenvalue weighted by molar-refractivity contribution is 0.112. The van der Waals surface area contributed by atoms with Crippen molar-refractivity contribution in [1.29, 1.82) is 0 Å². The Morgan fingerprint density at radius 3 is 2.50 bits per heavy atom. The molecule has 0 heterocycles. The van der Waals surface area contributed by atoms with Crippen molar-refractivity contribution in [3.63, 3.8) is 0 Å². The van der Waals surface area contributed by atoms with Crippen LogP contribution in [0.3, 0.4) is 0 Å². The molecule has 1 unspecified atom stereocenters. The first-order valence-electron chi connectivity index (χ1n) is 4.19. The second-order valence-electron chi connectivity index (χ2n) is 2.64. The first kappa shape index (κ1) is 9.07. The summed E-state index contributed by atoms with van der Waals surface area (Å²) in [6.07, 6.45) is 0.748. The highest BCUT2D eigenvalue weighted by Crippen LogP contribution is 2.11. The summed E-state index contributed by atoms with van der Waals surface area (Å²) in [5.74, 6) is 0.818. The minimum atomic E-state index is -0.0765. The molecule has 0 aromatic heterocycles. The number of ether oxygens (including phenoxy) is 1. The molecular weight excluding hydrogens is 152 g/mol. The summed E-state index contributed by atoms with van der Waals surface area (Å²) in [5, 5.41) is 8.86. The normalized spacial score (nSPS) is 12.5. The highest BCUT2D eigenvalue weighted by atomic mass is 16.5. The van der Waals surface area contributed by atoms with E-state index in [1.54, 1.807) is 0 Å². The van der Waals surface area contributed by atoms with Crippen LogP contribution >= 0.6 is 0 Å². The molecule has 12 heavy (non-hydrogen) atoms. The number of hydrogen-bond donors (Lipinski definition) is 1. The second-order valence-corrected chi connectivity index (χ2v) is 2.64. The van der Waals surface area contributed by atoms with E-state index in [1.807, 2.05) is 37.3 Å². The molecule has 0 bridgehead atoms. The Morgan fingerprint density at radius 2 is 2.00 bits per heavy atom. The van der Waals surface area contributed by atoms with E-state index in [1.165, 1.54) is 0 Å². The topological polar surface area (TPSA) is 29.5 Å². The molecule has 0 aliphatic carbocycles. The molecule has 0 fully saturated rings. The third-order valence-electron chi connectivity index (χ3n) is 1.70. The van der Waals surface area contributed by atoms with Gasteiger partial charge in [-0.1, -0.05) is 25.1 Å². The summed E-state index contributed by atoms with van der Waals surface area (Å²) in [4.78, 5) is 0. The van der Waals surface area contributed by atoms with Crippen LogP contribution in [0.5, 0.6) is 5.75 Å². The zero-order valence-corrected chi connectivity index (χ0v) is 7.23. The zero-order valence-electron chi connectivity index (χ0n) is 7.23. The van der Waals surface area contributed by atoms with Crippen molar-refractivity contribution in [2.75, 3.05) is 6.61 Å². The fraction of sp³-hybridized carbons (Fsp3) is 0.400. The molecule has 0 aliphatic heterocycles. The van der Waals surface area contributed by atoms with Crippen molar-refractivity contribution in [1.82, 2.24) is 0 Å². The second kappa shape index (κ2) is 4.78. The lowest BCUT2D eigenvalue weighted by Crippen LogP contribution is -2.19. The van der Waals surface area contributed by atoms with Crippen LogP contribution in [-0.4, -0.2) is 17.8 Å². The van der Waals surface area contributed by atoms with Gasteiger partial charge in [0.1, 0.15) is 11.9 Å². The Bertz CT molecular complexity index is 204. The summed E-state index contributed by atoms with van der Waals surface area (Å²) in [7, 11) is 0. The van der Waals surface area contributed by atoms with Crippen molar-refractivity contribution in [3.8, 4) is 5.75 Å². The molecule has 0 radical (unpaired) electrons. The van der Waals surface area contributed by atoms with Gasteiger partial charge in [-0.2, -0.15) is 0 Å². The van der Waals surface area contributed by atoms with Crippen molar-refractivity contribution in [2.24, 2.45) is 0 Å². The van der Waals surface area contributed by atoms with Crippen LogP contribution in [0.15, 0.2) is 30.3 Å². The van der Waals surface area contributed by atoms with Crippen molar-refractivity contribution in [2.45, 2.75) is 19.4 Å². The summed E-state index contributed by atoms with van der Waals surface area (Å²) < 4.78 is 5.46. The maximum absolute atomic E-state index is 8.86. The molecule has 1 N–H and O–H groups in total. The summed E-state index contributed by atoms with van der Waals surface area (Å²) in [5.41, 5.74) is 0. The molecule has 1 atom stereocenters. The van der Waals surface area contributed by atoms with Gasteiger partial charge in [0.15, 0.2) is 0 Å². The molecule has 0 saturated heterocycles. The number of hydrogen-bond acceptors (Lipinski definition) is 2. The van der Waals surface area contributed by atoms with Gasteiger partial charge >= 0.3 is 0 Å². The SMILES string of the molecule is CCC(CO)Oc1ccccc1. The first-order valence-corrected chi connectivity index (χ1v) is 4.19. The molecule has 0 spiro atoms. The fourth-order valence-electron chi connectivity index (χ4n) is 0.941. The largest absolute Gasteiger partial charge is 0.488 e. The predicted octanol–water partition coefficient (Wildman–Crippen LogP) is 1.84. The van der Waals surface area contributed by atoms with Gasteiger partial charge in [-0.05, 0) is 18.6 Å². The molecule has 1 aromatic carbocycles. The molecule has 0 saturated carbocycles. The molecule has 1 aromatic rings. The Kier molecular flexibility index (Phi) is 3.61. The van der Waals surface area contributed by atoms with Gasteiger partial charge in [-0.15, -0.1) is 0 Å². The Balaban J connectivity index is 2.51. The Morgan fingerprint density at radius 1 is 1.33 bits per heavy atom. The number of aliphatic hydroxyl groups excluding tert-OH is 1. The van der Waals surface area contributed by atoms with Crippen LogP contribution in [0.1, 0.15) is 13.3 Å². The molecule has 2 nitrogen and oxygen atoms in total. The monoisotopic (exact) mass is 166 g/mol. The van der Waals surface area contributed by atoms with E-state index in [0.717, 1.165) is 12.2 Å². The summed E-state index contributed by atoms with van der Waals surface area (Å²) in [6, 6.07) is 9.54. The maximum Gasteiger partial charge on any atom is 0.121 e. The van der Waals surface area contributed by atoms with Crippen molar-refractivity contribution >= 4 is 0 Å².